The number of aromatic nitrogens is 3. The zero-order chi connectivity index (χ0) is 15.8. The van der Waals surface area contributed by atoms with E-state index in [2.05, 4.69) is 10.1 Å². The van der Waals surface area contributed by atoms with Gasteiger partial charge in [0.25, 0.3) is 0 Å². The first-order chi connectivity index (χ1) is 9.47. The highest BCUT2D eigenvalue weighted by molar-refractivity contribution is 5.58. The summed E-state index contributed by atoms with van der Waals surface area (Å²) in [5.74, 6) is 0. The van der Waals surface area contributed by atoms with Crippen molar-refractivity contribution in [1.29, 1.82) is 0 Å². The van der Waals surface area contributed by atoms with Crippen molar-refractivity contribution in [3.63, 3.8) is 0 Å². The highest BCUT2D eigenvalue weighted by Gasteiger charge is 2.31. The number of nitrogens with zero attached hydrogens (tertiary/aromatic N) is 3. The first kappa shape index (κ1) is 18.1. The number of aryl methyl sites for hydroxylation is 1. The molecule has 0 atom stereocenters. The molecule has 0 aliphatic carbocycles. The Morgan fingerprint density at radius 1 is 1.05 bits per heavy atom. The minimum atomic E-state index is -4.38. The molecule has 0 aliphatic heterocycles. The van der Waals surface area contributed by atoms with Crippen molar-refractivity contribution < 1.29 is 13.2 Å². The molecule has 0 radical (unpaired) electrons. The van der Waals surface area contributed by atoms with Crippen molar-refractivity contribution in [3.8, 4) is 11.3 Å². The first-order valence-electron chi connectivity index (χ1n) is 6.49. The summed E-state index contributed by atoms with van der Waals surface area (Å²) >= 11 is 0. The lowest BCUT2D eigenvalue weighted by atomic mass is 10.1. The highest BCUT2D eigenvalue weighted by atomic mass is 19.4. The van der Waals surface area contributed by atoms with Crippen LogP contribution in [0.4, 0.5) is 13.2 Å². The average molecular weight is 287 g/mol. The average Bonchev–Trinajstić information content (AvgIpc) is 2.89. The van der Waals surface area contributed by atoms with Gasteiger partial charge < -0.3 is 0 Å². The van der Waals surface area contributed by atoms with Crippen molar-refractivity contribution in [2.24, 2.45) is 7.05 Å². The van der Waals surface area contributed by atoms with Crippen LogP contribution in [0.5, 0.6) is 0 Å². The van der Waals surface area contributed by atoms with Gasteiger partial charge in [-0.15, -0.1) is 0 Å². The van der Waals surface area contributed by atoms with Gasteiger partial charge in [0, 0.05) is 31.2 Å². The van der Waals surface area contributed by atoms with Crippen LogP contribution >= 0.6 is 0 Å². The number of pyridine rings is 1. The van der Waals surface area contributed by atoms with E-state index in [0.29, 0.717) is 11.3 Å². The first-order valence-corrected chi connectivity index (χ1v) is 6.49. The standard InChI is InChI=1S/C10H8F3N3.2C2H6/c1-16-3-2-9(15-16)7-4-8(6-14-5-7)10(11,12)13;2*1-2/h2-6H,1H3;2*1-2H3. The normalized spacial score (nSPS) is 10.0. The zero-order valence-corrected chi connectivity index (χ0v) is 12.4. The Morgan fingerprint density at radius 3 is 2.10 bits per heavy atom. The molecule has 0 amide bonds. The second-order valence-electron chi connectivity index (χ2n) is 3.33. The molecule has 6 heteroatoms. The third-order valence-corrected chi connectivity index (χ3v) is 2.07. The maximum Gasteiger partial charge on any atom is 0.417 e. The topological polar surface area (TPSA) is 30.7 Å². The van der Waals surface area contributed by atoms with E-state index < -0.39 is 11.7 Å². The van der Waals surface area contributed by atoms with Crippen LogP contribution in [0.1, 0.15) is 33.3 Å². The van der Waals surface area contributed by atoms with Crippen LogP contribution < -0.4 is 0 Å². The fraction of sp³-hybridized carbons (Fsp3) is 0.429. The predicted octanol–water partition coefficient (Wildman–Crippen LogP) is 4.55. The minimum absolute atomic E-state index is 0.357. The Morgan fingerprint density at radius 2 is 1.65 bits per heavy atom. The number of rotatable bonds is 1. The Balaban J connectivity index is 0.000000829. The minimum Gasteiger partial charge on any atom is -0.275 e. The largest absolute Gasteiger partial charge is 0.417 e. The van der Waals surface area contributed by atoms with E-state index in [1.54, 1.807) is 19.3 Å². The lowest BCUT2D eigenvalue weighted by molar-refractivity contribution is -0.137. The SMILES string of the molecule is CC.CC.Cn1ccc(-c2cncc(C(F)(F)F)c2)n1. The molecule has 3 nitrogen and oxygen atoms in total. The molecule has 0 bridgehead atoms. The summed E-state index contributed by atoms with van der Waals surface area (Å²) < 4.78 is 38.8. The predicted molar refractivity (Wildman–Crippen MR) is 74.1 cm³/mol. The summed E-state index contributed by atoms with van der Waals surface area (Å²) in [5, 5.41) is 4.01. The van der Waals surface area contributed by atoms with Crippen molar-refractivity contribution >= 4 is 0 Å². The molecule has 0 saturated heterocycles. The van der Waals surface area contributed by atoms with Crippen molar-refractivity contribution in [1.82, 2.24) is 14.8 Å². The third kappa shape index (κ3) is 5.03. The number of halogens is 3. The molecule has 20 heavy (non-hydrogen) atoms. The molecular formula is C14H20F3N3. The van der Waals surface area contributed by atoms with Crippen molar-refractivity contribution in [2.75, 3.05) is 0 Å². The van der Waals surface area contributed by atoms with Crippen LogP contribution in [-0.2, 0) is 13.2 Å². The fourth-order valence-electron chi connectivity index (χ4n) is 1.30. The maximum atomic E-state index is 12.4. The van der Waals surface area contributed by atoms with Gasteiger partial charge in [0.05, 0.1) is 11.3 Å². The number of hydrogen-bond donors (Lipinski definition) is 0. The lowest BCUT2D eigenvalue weighted by Crippen LogP contribution is -2.05. The number of alkyl halides is 3. The lowest BCUT2D eigenvalue weighted by Gasteiger charge is -2.06. The third-order valence-electron chi connectivity index (χ3n) is 2.07. The van der Waals surface area contributed by atoms with Gasteiger partial charge in [-0.05, 0) is 12.1 Å². The summed E-state index contributed by atoms with van der Waals surface area (Å²) in [7, 11) is 1.70. The molecule has 0 aliphatic rings. The Kier molecular flexibility index (Phi) is 7.57. The van der Waals surface area contributed by atoms with Crippen LogP contribution in [0.15, 0.2) is 30.7 Å². The van der Waals surface area contributed by atoms with Crippen LogP contribution in [0.25, 0.3) is 11.3 Å². The molecule has 2 rings (SSSR count). The van der Waals surface area contributed by atoms with Gasteiger partial charge in [-0.3, -0.25) is 9.67 Å². The van der Waals surface area contributed by atoms with Crippen molar-refractivity contribution in [2.45, 2.75) is 33.9 Å². The molecule has 112 valence electrons. The molecule has 0 aromatic carbocycles. The Bertz CT molecular complexity index is 504. The molecule has 0 spiro atoms. The Hall–Kier alpha value is -1.85. The smallest absolute Gasteiger partial charge is 0.275 e. The molecular weight excluding hydrogens is 267 g/mol. The summed E-state index contributed by atoms with van der Waals surface area (Å²) in [4.78, 5) is 3.57. The zero-order valence-electron chi connectivity index (χ0n) is 12.4. The summed E-state index contributed by atoms with van der Waals surface area (Å²) in [6.07, 6.45) is -0.558. The van der Waals surface area contributed by atoms with E-state index in [4.69, 9.17) is 0 Å². The van der Waals surface area contributed by atoms with Gasteiger partial charge in [0.2, 0.25) is 0 Å². The molecule has 2 aromatic heterocycles. The highest BCUT2D eigenvalue weighted by Crippen LogP contribution is 2.30. The van der Waals surface area contributed by atoms with E-state index >= 15 is 0 Å². The number of hydrogen-bond acceptors (Lipinski definition) is 2. The van der Waals surface area contributed by atoms with E-state index in [9.17, 15) is 13.2 Å². The molecule has 2 heterocycles. The van der Waals surface area contributed by atoms with E-state index in [0.717, 1.165) is 12.3 Å². The molecule has 0 fully saturated rings. The second-order valence-corrected chi connectivity index (χ2v) is 3.33. The van der Waals surface area contributed by atoms with Crippen LogP contribution in [0.3, 0.4) is 0 Å². The van der Waals surface area contributed by atoms with Gasteiger partial charge in [-0.1, -0.05) is 27.7 Å². The molecule has 0 saturated carbocycles. The van der Waals surface area contributed by atoms with Gasteiger partial charge in [0.15, 0.2) is 0 Å². The summed E-state index contributed by atoms with van der Waals surface area (Å²) in [6, 6.07) is 2.67. The molecule has 0 unspecified atom stereocenters. The van der Waals surface area contributed by atoms with Crippen LogP contribution in [-0.4, -0.2) is 14.8 Å². The van der Waals surface area contributed by atoms with Crippen LogP contribution in [0, 0.1) is 0 Å². The van der Waals surface area contributed by atoms with E-state index in [1.807, 2.05) is 27.7 Å². The van der Waals surface area contributed by atoms with E-state index in [-0.39, 0.29) is 0 Å². The summed E-state index contributed by atoms with van der Waals surface area (Å²) in [6.45, 7) is 8.00. The molecule has 2 aromatic rings. The van der Waals surface area contributed by atoms with Gasteiger partial charge >= 0.3 is 6.18 Å². The monoisotopic (exact) mass is 287 g/mol. The molecule has 0 N–H and O–H groups in total. The quantitative estimate of drug-likeness (QED) is 0.770. The van der Waals surface area contributed by atoms with Crippen molar-refractivity contribution in [3.05, 3.63) is 36.3 Å². The van der Waals surface area contributed by atoms with Gasteiger partial charge in [-0.25, -0.2) is 0 Å². The van der Waals surface area contributed by atoms with E-state index in [1.165, 1.54) is 10.9 Å². The fourth-order valence-corrected chi connectivity index (χ4v) is 1.30. The summed E-state index contributed by atoms with van der Waals surface area (Å²) in [5.41, 5.74) is 0.0622. The van der Waals surface area contributed by atoms with Crippen LogP contribution in [0.2, 0.25) is 0 Å². The van der Waals surface area contributed by atoms with Gasteiger partial charge in [-0.2, -0.15) is 18.3 Å². The maximum absolute atomic E-state index is 12.4. The van der Waals surface area contributed by atoms with Gasteiger partial charge in [0.1, 0.15) is 0 Å². The Labute approximate surface area is 117 Å². The second kappa shape index (κ2) is 8.35.